The Morgan fingerprint density at radius 3 is 1.76 bits per heavy atom. The third-order valence-electron chi connectivity index (χ3n) is 4.45. The van der Waals surface area contributed by atoms with Crippen LogP contribution in [0.1, 0.15) is 40.5 Å². The van der Waals surface area contributed by atoms with Crippen LogP contribution in [0.25, 0.3) is 0 Å². The second-order valence-corrected chi connectivity index (χ2v) is 7.81. The van der Waals surface area contributed by atoms with Crippen molar-refractivity contribution in [3.63, 3.8) is 0 Å². The molecule has 1 fully saturated rings. The Labute approximate surface area is 152 Å². The highest BCUT2D eigenvalue weighted by Gasteiger charge is 2.45. The van der Waals surface area contributed by atoms with Gasteiger partial charge in [0.2, 0.25) is 0 Å². The fraction of sp³-hybridized carbons (Fsp3) is 1.00. The van der Waals surface area contributed by atoms with E-state index in [2.05, 4.69) is 5.32 Å². The molecule has 0 aliphatic carbocycles. The molecule has 149 valence electrons. The van der Waals surface area contributed by atoms with Crippen molar-refractivity contribution in [1.82, 2.24) is 10.4 Å². The van der Waals surface area contributed by atoms with Crippen LogP contribution in [0.2, 0.25) is 0 Å². The van der Waals surface area contributed by atoms with E-state index in [0.29, 0.717) is 52.3 Å². The lowest BCUT2D eigenvalue weighted by atomic mass is 9.79. The minimum atomic E-state index is -0.334. The lowest BCUT2D eigenvalue weighted by Crippen LogP contribution is -2.62. The number of hydrogen-bond acceptors (Lipinski definition) is 6. The Bertz CT molecular complexity index is 334. The van der Waals surface area contributed by atoms with E-state index in [9.17, 15) is 5.21 Å². The highest BCUT2D eigenvalue weighted by atomic mass is 16.6. The van der Waals surface area contributed by atoms with Crippen LogP contribution in [-0.4, -0.2) is 82.1 Å². The summed E-state index contributed by atoms with van der Waals surface area (Å²) in [6, 6.07) is 0.347. The summed E-state index contributed by atoms with van der Waals surface area (Å²) in [4.78, 5) is 0. The molecule has 0 unspecified atom stereocenters. The molecular formula is C18H37N2O5. The molecule has 0 aromatic rings. The summed E-state index contributed by atoms with van der Waals surface area (Å²) in [5.74, 6) is 0. The lowest BCUT2D eigenvalue weighted by Gasteiger charge is -2.50. The van der Waals surface area contributed by atoms with E-state index >= 15 is 0 Å². The van der Waals surface area contributed by atoms with Crippen LogP contribution in [0.15, 0.2) is 0 Å². The topological polar surface area (TPSA) is 72.1 Å². The normalized spacial score (nSPS) is 20.9. The van der Waals surface area contributed by atoms with Crippen LogP contribution in [-0.2, 0) is 24.2 Å². The van der Waals surface area contributed by atoms with E-state index in [0.717, 1.165) is 19.4 Å². The van der Waals surface area contributed by atoms with E-state index in [4.69, 9.17) is 18.9 Å². The maximum absolute atomic E-state index is 12.3. The van der Waals surface area contributed by atoms with Crippen molar-refractivity contribution in [2.24, 2.45) is 0 Å². The molecule has 1 rings (SSSR count). The summed E-state index contributed by atoms with van der Waals surface area (Å²) >= 11 is 0. The summed E-state index contributed by atoms with van der Waals surface area (Å²) < 4.78 is 21.2. The smallest absolute Gasteiger partial charge is 0.0701 e. The predicted molar refractivity (Wildman–Crippen MR) is 96.0 cm³/mol. The summed E-state index contributed by atoms with van der Waals surface area (Å²) in [6.07, 6.45) is 1.71. The predicted octanol–water partition coefficient (Wildman–Crippen LogP) is 1.64. The third kappa shape index (κ3) is 8.77. The molecule has 1 heterocycles. The number of hydrogen-bond donors (Lipinski definition) is 1. The molecule has 25 heavy (non-hydrogen) atoms. The molecule has 0 spiro atoms. The highest BCUT2D eigenvalue weighted by Crippen LogP contribution is 2.36. The van der Waals surface area contributed by atoms with Gasteiger partial charge in [-0.2, -0.15) is 0 Å². The van der Waals surface area contributed by atoms with Crippen LogP contribution >= 0.6 is 0 Å². The first-order valence-corrected chi connectivity index (χ1v) is 9.22. The average molecular weight is 362 g/mol. The zero-order valence-corrected chi connectivity index (χ0v) is 16.6. The van der Waals surface area contributed by atoms with Gasteiger partial charge in [0.05, 0.1) is 46.2 Å². The van der Waals surface area contributed by atoms with Gasteiger partial charge in [0, 0.05) is 30.8 Å². The Morgan fingerprint density at radius 2 is 1.28 bits per heavy atom. The third-order valence-corrected chi connectivity index (χ3v) is 4.45. The van der Waals surface area contributed by atoms with Gasteiger partial charge in [-0.05, 0) is 40.5 Å². The van der Waals surface area contributed by atoms with Crippen molar-refractivity contribution >= 4 is 0 Å². The first-order valence-electron chi connectivity index (χ1n) is 9.22. The number of rotatable bonds is 13. The fourth-order valence-corrected chi connectivity index (χ4v) is 3.43. The van der Waals surface area contributed by atoms with Crippen LogP contribution in [0, 0.1) is 0 Å². The van der Waals surface area contributed by atoms with E-state index in [1.807, 2.05) is 27.7 Å². The number of methoxy groups -OCH3 is 1. The van der Waals surface area contributed by atoms with Gasteiger partial charge < -0.3 is 24.3 Å². The quantitative estimate of drug-likeness (QED) is 0.503. The van der Waals surface area contributed by atoms with E-state index < -0.39 is 0 Å². The molecule has 1 radical (unpaired) electrons. The van der Waals surface area contributed by atoms with Gasteiger partial charge in [0.15, 0.2) is 0 Å². The molecule has 0 atom stereocenters. The molecule has 0 saturated carbocycles. The summed E-state index contributed by atoms with van der Waals surface area (Å²) in [5, 5.41) is 17.1. The molecule has 1 saturated heterocycles. The monoisotopic (exact) mass is 361 g/mol. The number of nitrogens with zero attached hydrogens (tertiary/aromatic N) is 1. The molecule has 0 aromatic carbocycles. The molecule has 0 bridgehead atoms. The van der Waals surface area contributed by atoms with Crippen molar-refractivity contribution in [1.29, 1.82) is 0 Å². The first-order chi connectivity index (χ1) is 11.8. The molecule has 1 aliphatic heterocycles. The average Bonchev–Trinajstić information content (AvgIpc) is 2.53. The molecule has 7 heteroatoms. The molecule has 1 aliphatic rings. The molecular weight excluding hydrogens is 324 g/mol. The highest BCUT2D eigenvalue weighted by molar-refractivity contribution is 4.98. The minimum absolute atomic E-state index is 0.334. The lowest BCUT2D eigenvalue weighted by molar-refractivity contribution is -0.290. The second kappa shape index (κ2) is 11.4. The molecule has 0 aromatic heterocycles. The maximum atomic E-state index is 12.3. The number of nitrogens with one attached hydrogen (secondary N) is 1. The van der Waals surface area contributed by atoms with Gasteiger partial charge in [-0.3, -0.25) is 0 Å². The SMILES string of the molecule is COCCOCCOCCOCCNC1CC(C)(C)N([O])C(C)(C)C1. The Morgan fingerprint density at radius 1 is 0.840 bits per heavy atom. The summed E-state index contributed by atoms with van der Waals surface area (Å²) in [6.45, 7) is 13.0. The molecule has 7 nitrogen and oxygen atoms in total. The van der Waals surface area contributed by atoms with E-state index in [1.54, 1.807) is 7.11 Å². The van der Waals surface area contributed by atoms with Gasteiger partial charge in [0.25, 0.3) is 0 Å². The summed E-state index contributed by atoms with van der Waals surface area (Å²) in [5.41, 5.74) is -0.668. The second-order valence-electron chi connectivity index (χ2n) is 7.81. The Kier molecular flexibility index (Phi) is 10.4. The zero-order chi connectivity index (χ0) is 18.8. The zero-order valence-electron chi connectivity index (χ0n) is 16.6. The summed E-state index contributed by atoms with van der Waals surface area (Å²) in [7, 11) is 1.65. The first kappa shape index (κ1) is 22.8. The number of hydroxylamine groups is 2. The van der Waals surface area contributed by atoms with E-state index in [1.165, 1.54) is 5.06 Å². The van der Waals surface area contributed by atoms with Crippen LogP contribution < -0.4 is 5.32 Å². The van der Waals surface area contributed by atoms with Crippen molar-refractivity contribution in [3.8, 4) is 0 Å². The van der Waals surface area contributed by atoms with Crippen LogP contribution in [0.3, 0.4) is 0 Å². The minimum Gasteiger partial charge on any atom is -0.382 e. The van der Waals surface area contributed by atoms with E-state index in [-0.39, 0.29) is 11.1 Å². The maximum Gasteiger partial charge on any atom is 0.0701 e. The largest absolute Gasteiger partial charge is 0.382 e. The van der Waals surface area contributed by atoms with Crippen molar-refractivity contribution in [2.75, 3.05) is 59.9 Å². The van der Waals surface area contributed by atoms with Crippen LogP contribution in [0.4, 0.5) is 0 Å². The number of ether oxygens (including phenoxy) is 4. The van der Waals surface area contributed by atoms with Gasteiger partial charge in [-0.25, -0.2) is 0 Å². The molecule has 0 amide bonds. The van der Waals surface area contributed by atoms with Gasteiger partial charge in [-0.1, -0.05) is 0 Å². The fourth-order valence-electron chi connectivity index (χ4n) is 3.43. The van der Waals surface area contributed by atoms with Crippen LogP contribution in [0.5, 0.6) is 0 Å². The number of piperidine rings is 1. The van der Waals surface area contributed by atoms with Gasteiger partial charge in [0.1, 0.15) is 0 Å². The van der Waals surface area contributed by atoms with Crippen molar-refractivity contribution in [3.05, 3.63) is 0 Å². The standard InChI is InChI=1S/C18H37N2O5/c1-17(2)14-16(15-18(3,4)20(17)21)19-6-7-23-10-11-25-13-12-24-9-8-22-5/h16,19H,6-15H2,1-5H3. The molecule has 1 N–H and O–H groups in total. The Balaban J connectivity index is 2.00. The van der Waals surface area contributed by atoms with Gasteiger partial charge in [-0.15, -0.1) is 10.3 Å². The van der Waals surface area contributed by atoms with Crippen molar-refractivity contribution < 1.29 is 24.2 Å². The van der Waals surface area contributed by atoms with Gasteiger partial charge >= 0.3 is 0 Å². The Hall–Kier alpha value is -0.280. The van der Waals surface area contributed by atoms with Crippen molar-refractivity contribution in [2.45, 2.75) is 57.7 Å².